The lowest BCUT2D eigenvalue weighted by Gasteiger charge is -2.30. The first-order valence-corrected chi connectivity index (χ1v) is 11.3. The molecule has 0 aliphatic rings. The molecular formula is C24H30Cl2N2O3. The molecule has 0 aliphatic carbocycles. The Morgan fingerprint density at radius 2 is 1.74 bits per heavy atom. The number of rotatable bonds is 11. The van der Waals surface area contributed by atoms with E-state index < -0.39 is 6.04 Å². The highest BCUT2D eigenvalue weighted by atomic mass is 35.5. The molecule has 2 amide bonds. The van der Waals surface area contributed by atoms with Gasteiger partial charge in [-0.2, -0.15) is 0 Å². The predicted molar refractivity (Wildman–Crippen MR) is 126 cm³/mol. The van der Waals surface area contributed by atoms with Crippen LogP contribution in [-0.4, -0.2) is 35.4 Å². The number of nitrogens with zero attached hydrogens (tertiary/aromatic N) is 1. The molecule has 7 heteroatoms. The van der Waals surface area contributed by atoms with Crippen molar-refractivity contribution in [2.45, 2.75) is 58.7 Å². The van der Waals surface area contributed by atoms with Crippen LogP contribution in [0.3, 0.4) is 0 Å². The molecule has 0 unspecified atom stereocenters. The monoisotopic (exact) mass is 464 g/mol. The number of hydrogen-bond donors (Lipinski definition) is 1. The zero-order valence-corrected chi connectivity index (χ0v) is 19.7. The summed E-state index contributed by atoms with van der Waals surface area (Å²) < 4.78 is 5.67. The van der Waals surface area contributed by atoms with Crippen molar-refractivity contribution in [3.63, 3.8) is 0 Å². The standard InChI is InChI=1S/C24H30Cl2N2O3/c1-4-17(2)27-24(30)18(3)28(16-19-8-5-6-9-22(19)26)23(29)10-7-15-31-21-13-11-20(25)12-14-21/h5-6,8-9,11-14,17-18H,4,7,10,15-16H2,1-3H3,(H,27,30)/t17-,18+/m0/s1. The zero-order chi connectivity index (χ0) is 22.8. The van der Waals surface area contributed by atoms with Gasteiger partial charge >= 0.3 is 0 Å². The third-order valence-corrected chi connectivity index (χ3v) is 5.70. The molecule has 0 aliphatic heterocycles. The van der Waals surface area contributed by atoms with Crippen molar-refractivity contribution >= 4 is 35.0 Å². The van der Waals surface area contributed by atoms with Gasteiger partial charge in [-0.3, -0.25) is 9.59 Å². The number of hydrogen-bond acceptors (Lipinski definition) is 3. The van der Waals surface area contributed by atoms with E-state index in [1.807, 2.05) is 32.0 Å². The Balaban J connectivity index is 2.01. The minimum Gasteiger partial charge on any atom is -0.494 e. The molecule has 0 bridgehead atoms. The second-order valence-electron chi connectivity index (χ2n) is 7.51. The molecule has 1 N–H and O–H groups in total. The number of amides is 2. The summed E-state index contributed by atoms with van der Waals surface area (Å²) in [6.07, 6.45) is 1.61. The van der Waals surface area contributed by atoms with E-state index in [1.165, 1.54) is 0 Å². The molecule has 2 aromatic carbocycles. The van der Waals surface area contributed by atoms with Gasteiger partial charge in [-0.05, 0) is 62.6 Å². The normalized spacial score (nSPS) is 12.7. The Morgan fingerprint density at radius 3 is 2.39 bits per heavy atom. The van der Waals surface area contributed by atoms with E-state index >= 15 is 0 Å². The molecule has 0 saturated carbocycles. The van der Waals surface area contributed by atoms with Crippen LogP contribution < -0.4 is 10.1 Å². The summed E-state index contributed by atoms with van der Waals surface area (Å²) in [7, 11) is 0. The van der Waals surface area contributed by atoms with E-state index in [2.05, 4.69) is 5.32 Å². The fourth-order valence-electron chi connectivity index (χ4n) is 2.95. The lowest BCUT2D eigenvalue weighted by molar-refractivity contribution is -0.141. The van der Waals surface area contributed by atoms with Gasteiger partial charge in [-0.25, -0.2) is 0 Å². The summed E-state index contributed by atoms with van der Waals surface area (Å²) >= 11 is 12.2. The molecule has 0 fully saturated rings. The molecule has 0 aromatic heterocycles. The minimum absolute atomic E-state index is 0.0417. The van der Waals surface area contributed by atoms with Crippen LogP contribution in [0.5, 0.6) is 5.75 Å². The van der Waals surface area contributed by atoms with Crippen molar-refractivity contribution < 1.29 is 14.3 Å². The molecule has 0 spiro atoms. The maximum atomic E-state index is 13.0. The molecule has 31 heavy (non-hydrogen) atoms. The Kier molecular flexibility index (Phi) is 10.2. The number of carbonyl (C=O) groups excluding carboxylic acids is 2. The van der Waals surface area contributed by atoms with Crippen LogP contribution in [0.2, 0.25) is 10.0 Å². The third-order valence-electron chi connectivity index (χ3n) is 5.08. The van der Waals surface area contributed by atoms with E-state index in [-0.39, 0.29) is 30.8 Å². The van der Waals surface area contributed by atoms with Crippen molar-refractivity contribution in [2.75, 3.05) is 6.61 Å². The predicted octanol–water partition coefficient (Wildman–Crippen LogP) is 5.48. The molecule has 5 nitrogen and oxygen atoms in total. The summed E-state index contributed by atoms with van der Waals surface area (Å²) in [4.78, 5) is 27.3. The maximum Gasteiger partial charge on any atom is 0.242 e. The van der Waals surface area contributed by atoms with Crippen molar-refractivity contribution in [2.24, 2.45) is 0 Å². The maximum absolute atomic E-state index is 13.0. The number of nitrogens with one attached hydrogen (secondary N) is 1. The Morgan fingerprint density at radius 1 is 1.06 bits per heavy atom. The number of ether oxygens (including phenoxy) is 1. The minimum atomic E-state index is -0.616. The van der Waals surface area contributed by atoms with Crippen molar-refractivity contribution in [1.29, 1.82) is 0 Å². The smallest absolute Gasteiger partial charge is 0.242 e. The molecule has 0 heterocycles. The van der Waals surface area contributed by atoms with Crippen LogP contribution in [0.25, 0.3) is 0 Å². The topological polar surface area (TPSA) is 58.6 Å². The van der Waals surface area contributed by atoms with E-state index in [9.17, 15) is 9.59 Å². The van der Waals surface area contributed by atoms with E-state index in [1.54, 1.807) is 42.2 Å². The molecule has 0 radical (unpaired) electrons. The quantitative estimate of drug-likeness (QED) is 0.447. The Bertz CT molecular complexity index is 858. The third kappa shape index (κ3) is 8.08. The van der Waals surface area contributed by atoms with Gasteiger partial charge in [0.15, 0.2) is 0 Å². The van der Waals surface area contributed by atoms with Crippen LogP contribution in [0, 0.1) is 0 Å². The van der Waals surface area contributed by atoms with Gasteiger partial charge in [0.2, 0.25) is 11.8 Å². The van der Waals surface area contributed by atoms with Crippen molar-refractivity contribution in [3.05, 3.63) is 64.1 Å². The first-order valence-electron chi connectivity index (χ1n) is 10.5. The van der Waals surface area contributed by atoms with Gasteiger partial charge in [-0.15, -0.1) is 0 Å². The van der Waals surface area contributed by atoms with Crippen LogP contribution in [0.15, 0.2) is 48.5 Å². The van der Waals surface area contributed by atoms with Crippen LogP contribution >= 0.6 is 23.2 Å². The lowest BCUT2D eigenvalue weighted by Crippen LogP contribution is -2.49. The molecule has 0 saturated heterocycles. The van der Waals surface area contributed by atoms with Crippen LogP contribution in [0.4, 0.5) is 0 Å². The number of carbonyl (C=O) groups is 2. The van der Waals surface area contributed by atoms with Crippen LogP contribution in [-0.2, 0) is 16.1 Å². The summed E-state index contributed by atoms with van der Waals surface area (Å²) in [6.45, 7) is 6.35. The SMILES string of the molecule is CC[C@H](C)NC(=O)[C@@H](C)N(Cc1ccccc1Cl)C(=O)CCCOc1ccc(Cl)cc1. The van der Waals surface area contributed by atoms with E-state index in [0.717, 1.165) is 12.0 Å². The molecule has 2 atom stereocenters. The second-order valence-corrected chi connectivity index (χ2v) is 8.36. The highest BCUT2D eigenvalue weighted by molar-refractivity contribution is 6.31. The zero-order valence-electron chi connectivity index (χ0n) is 18.2. The molecule has 168 valence electrons. The number of halogens is 2. The van der Waals surface area contributed by atoms with Gasteiger partial charge in [0.05, 0.1) is 6.61 Å². The molecule has 2 rings (SSSR count). The van der Waals surface area contributed by atoms with Crippen molar-refractivity contribution in [3.8, 4) is 5.75 Å². The fraction of sp³-hybridized carbons (Fsp3) is 0.417. The van der Waals surface area contributed by atoms with Gasteiger partial charge in [0.1, 0.15) is 11.8 Å². The Labute approximate surface area is 194 Å². The van der Waals surface area contributed by atoms with Crippen LogP contribution in [0.1, 0.15) is 45.6 Å². The first kappa shape index (κ1) is 25.0. The van der Waals surface area contributed by atoms with Gasteiger partial charge in [0, 0.05) is 29.1 Å². The van der Waals surface area contributed by atoms with E-state index in [0.29, 0.717) is 28.8 Å². The second kappa shape index (κ2) is 12.6. The Hall–Kier alpha value is -2.24. The summed E-state index contributed by atoms with van der Waals surface area (Å²) in [6, 6.07) is 13.9. The average Bonchev–Trinajstić information content (AvgIpc) is 2.76. The number of benzene rings is 2. The van der Waals surface area contributed by atoms with E-state index in [4.69, 9.17) is 27.9 Å². The highest BCUT2D eigenvalue weighted by Gasteiger charge is 2.27. The highest BCUT2D eigenvalue weighted by Crippen LogP contribution is 2.20. The fourth-order valence-corrected chi connectivity index (χ4v) is 3.27. The summed E-state index contributed by atoms with van der Waals surface area (Å²) in [5, 5.41) is 4.17. The van der Waals surface area contributed by atoms with Crippen molar-refractivity contribution in [1.82, 2.24) is 10.2 Å². The van der Waals surface area contributed by atoms with Gasteiger partial charge in [0.25, 0.3) is 0 Å². The summed E-state index contributed by atoms with van der Waals surface area (Å²) in [5.41, 5.74) is 0.804. The molecule has 2 aromatic rings. The largest absolute Gasteiger partial charge is 0.494 e. The average molecular weight is 465 g/mol. The molecular weight excluding hydrogens is 435 g/mol. The first-order chi connectivity index (χ1) is 14.8. The summed E-state index contributed by atoms with van der Waals surface area (Å²) in [5.74, 6) is 0.407. The lowest BCUT2D eigenvalue weighted by atomic mass is 10.1. The van der Waals surface area contributed by atoms with Gasteiger partial charge in [-0.1, -0.05) is 48.3 Å². The van der Waals surface area contributed by atoms with Gasteiger partial charge < -0.3 is 15.0 Å².